The largest absolute Gasteiger partial charge is 0.481 e. The molecule has 1 amide bonds. The number of rotatable bonds is 7. The number of carbonyl (C=O) groups is 2. The zero-order valence-corrected chi connectivity index (χ0v) is 11.9. The molecule has 124 valence electrons. The van der Waals surface area contributed by atoms with Gasteiger partial charge in [-0.15, -0.1) is 0 Å². The zero-order chi connectivity index (χ0) is 17.6. The molecule has 0 radical (unpaired) electrons. The summed E-state index contributed by atoms with van der Waals surface area (Å²) in [6, 6.07) is 2.19. The van der Waals surface area contributed by atoms with Crippen LogP contribution in [0.4, 0.5) is 16.2 Å². The van der Waals surface area contributed by atoms with Gasteiger partial charge in [0.05, 0.1) is 22.3 Å². The first-order valence-corrected chi connectivity index (χ1v) is 6.27. The van der Waals surface area contributed by atoms with Crippen molar-refractivity contribution >= 4 is 23.4 Å². The smallest absolute Gasteiger partial charge is 0.407 e. The second-order valence-corrected chi connectivity index (χ2v) is 4.59. The van der Waals surface area contributed by atoms with Gasteiger partial charge in [-0.1, -0.05) is 0 Å². The van der Waals surface area contributed by atoms with Gasteiger partial charge < -0.3 is 15.2 Å². The van der Waals surface area contributed by atoms with Gasteiger partial charge in [0.2, 0.25) is 0 Å². The van der Waals surface area contributed by atoms with Gasteiger partial charge in [0.25, 0.3) is 11.4 Å². The maximum atomic E-state index is 11.5. The molecule has 0 saturated heterocycles. The summed E-state index contributed by atoms with van der Waals surface area (Å²) in [7, 11) is 0. The topological polar surface area (TPSA) is 162 Å². The number of non-ortho nitro benzene ring substituents is 2. The lowest BCUT2D eigenvalue weighted by Crippen LogP contribution is -2.34. The molecule has 0 spiro atoms. The first kappa shape index (κ1) is 17.8. The predicted octanol–water partition coefficient (Wildman–Crippen LogP) is 1.59. The highest BCUT2D eigenvalue weighted by molar-refractivity contribution is 5.71. The van der Waals surface area contributed by atoms with Crippen molar-refractivity contribution in [3.05, 3.63) is 44.0 Å². The lowest BCUT2D eigenvalue weighted by Gasteiger charge is -2.11. The Morgan fingerprint density at radius 1 is 1.22 bits per heavy atom. The lowest BCUT2D eigenvalue weighted by molar-refractivity contribution is -0.394. The van der Waals surface area contributed by atoms with Crippen LogP contribution in [0, 0.1) is 20.2 Å². The normalized spacial score (nSPS) is 11.3. The summed E-state index contributed by atoms with van der Waals surface area (Å²) >= 11 is 0. The van der Waals surface area contributed by atoms with Gasteiger partial charge in [0.15, 0.2) is 0 Å². The van der Waals surface area contributed by atoms with Crippen molar-refractivity contribution in [3.63, 3.8) is 0 Å². The maximum absolute atomic E-state index is 11.5. The van der Waals surface area contributed by atoms with E-state index in [4.69, 9.17) is 9.84 Å². The Bertz CT molecular complexity index is 613. The Balaban J connectivity index is 2.73. The van der Waals surface area contributed by atoms with Crippen LogP contribution in [0.25, 0.3) is 0 Å². The van der Waals surface area contributed by atoms with E-state index in [1.165, 1.54) is 6.92 Å². The number of benzene rings is 1. The monoisotopic (exact) mass is 327 g/mol. The minimum absolute atomic E-state index is 0.0620. The minimum atomic E-state index is -1.10. The highest BCUT2D eigenvalue weighted by Crippen LogP contribution is 2.23. The van der Waals surface area contributed by atoms with Crippen LogP contribution in [0.5, 0.6) is 0 Å². The number of amides is 1. The molecule has 1 unspecified atom stereocenters. The van der Waals surface area contributed by atoms with Crippen molar-refractivity contribution in [1.29, 1.82) is 0 Å². The summed E-state index contributed by atoms with van der Waals surface area (Å²) in [4.78, 5) is 41.7. The Morgan fingerprint density at radius 2 is 1.74 bits per heavy atom. The summed E-state index contributed by atoms with van der Waals surface area (Å²) in [5.41, 5.74) is -0.943. The quantitative estimate of drug-likeness (QED) is 0.563. The fraction of sp³-hybridized carbons (Fsp3) is 0.333. The Hall–Kier alpha value is -3.24. The number of nitro groups is 2. The number of nitrogens with one attached hydrogen (secondary N) is 1. The van der Waals surface area contributed by atoms with Crippen LogP contribution in [0.1, 0.15) is 18.9 Å². The molecule has 0 bridgehead atoms. The van der Waals surface area contributed by atoms with Crippen molar-refractivity contribution in [3.8, 4) is 0 Å². The van der Waals surface area contributed by atoms with Gasteiger partial charge in [-0.05, 0) is 6.92 Å². The number of aliphatic carboxylic acids is 1. The van der Waals surface area contributed by atoms with E-state index < -0.39 is 45.9 Å². The third-order valence-corrected chi connectivity index (χ3v) is 2.60. The van der Waals surface area contributed by atoms with Crippen LogP contribution in [-0.4, -0.2) is 33.1 Å². The first-order chi connectivity index (χ1) is 10.7. The van der Waals surface area contributed by atoms with Gasteiger partial charge in [-0.25, -0.2) is 4.79 Å². The number of carbonyl (C=O) groups excluding carboxylic acids is 1. The third kappa shape index (κ3) is 5.95. The van der Waals surface area contributed by atoms with Crippen molar-refractivity contribution in [2.75, 3.05) is 0 Å². The number of ether oxygens (including phenoxy) is 1. The SMILES string of the molecule is CC(CC(=O)O)NC(=O)OCc1cc([N+](=O)[O-])cc([N+](=O)[O-])c1. The summed E-state index contributed by atoms with van der Waals surface area (Å²) in [6.07, 6.45) is -1.25. The lowest BCUT2D eigenvalue weighted by atomic mass is 10.2. The standard InChI is InChI=1S/C12H13N3O8/c1-7(2-11(16)17)13-12(18)23-6-8-3-9(14(19)20)5-10(4-8)15(21)22/h3-5,7H,2,6H2,1H3,(H,13,18)(H,16,17). The van der Waals surface area contributed by atoms with Crippen LogP contribution in [-0.2, 0) is 16.1 Å². The number of carboxylic acids is 1. The van der Waals surface area contributed by atoms with Crippen LogP contribution in [0.15, 0.2) is 18.2 Å². The van der Waals surface area contributed by atoms with Crippen LogP contribution in [0.2, 0.25) is 0 Å². The molecule has 23 heavy (non-hydrogen) atoms. The average Bonchev–Trinajstić information content (AvgIpc) is 2.43. The molecule has 0 heterocycles. The molecular weight excluding hydrogens is 314 g/mol. The van der Waals surface area contributed by atoms with Crippen molar-refractivity contribution in [2.24, 2.45) is 0 Å². The van der Waals surface area contributed by atoms with Crippen molar-refractivity contribution in [2.45, 2.75) is 26.0 Å². The number of hydrogen-bond acceptors (Lipinski definition) is 7. The summed E-state index contributed by atoms with van der Waals surface area (Å²) in [5, 5.41) is 32.2. The Kier molecular flexibility index (Phi) is 5.95. The average molecular weight is 327 g/mol. The molecule has 0 aliphatic carbocycles. The number of nitrogens with zero attached hydrogens (tertiary/aromatic N) is 2. The highest BCUT2D eigenvalue weighted by atomic mass is 16.6. The number of carboxylic acid groups (broad SMARTS) is 1. The van der Waals surface area contributed by atoms with Crippen molar-refractivity contribution in [1.82, 2.24) is 5.32 Å². The summed E-state index contributed by atoms with van der Waals surface area (Å²) in [6.45, 7) is 1.02. The van der Waals surface area contributed by atoms with Crippen LogP contribution >= 0.6 is 0 Å². The highest BCUT2D eigenvalue weighted by Gasteiger charge is 2.18. The molecule has 0 fully saturated rings. The number of nitro benzene ring substituents is 2. The molecule has 0 saturated carbocycles. The van der Waals surface area contributed by atoms with E-state index in [2.05, 4.69) is 5.32 Å². The fourth-order valence-corrected chi connectivity index (χ4v) is 1.66. The third-order valence-electron chi connectivity index (χ3n) is 2.60. The van der Waals surface area contributed by atoms with E-state index in [9.17, 15) is 29.8 Å². The van der Waals surface area contributed by atoms with Gasteiger partial charge in [0.1, 0.15) is 6.61 Å². The molecule has 0 aromatic heterocycles. The molecular formula is C12H13N3O8. The second-order valence-electron chi connectivity index (χ2n) is 4.59. The molecule has 2 N–H and O–H groups in total. The Morgan fingerprint density at radius 3 is 2.17 bits per heavy atom. The van der Waals surface area contributed by atoms with E-state index in [-0.39, 0.29) is 12.0 Å². The van der Waals surface area contributed by atoms with E-state index in [0.717, 1.165) is 18.2 Å². The summed E-state index contributed by atoms with van der Waals surface area (Å²) in [5.74, 6) is -1.10. The predicted molar refractivity (Wildman–Crippen MR) is 74.8 cm³/mol. The van der Waals surface area contributed by atoms with Crippen molar-refractivity contribution < 1.29 is 29.3 Å². The van der Waals surface area contributed by atoms with Crippen LogP contribution < -0.4 is 5.32 Å². The minimum Gasteiger partial charge on any atom is -0.481 e. The first-order valence-electron chi connectivity index (χ1n) is 6.27. The van der Waals surface area contributed by atoms with E-state index in [1.807, 2.05) is 0 Å². The molecule has 0 aliphatic heterocycles. The maximum Gasteiger partial charge on any atom is 0.407 e. The van der Waals surface area contributed by atoms with E-state index >= 15 is 0 Å². The van der Waals surface area contributed by atoms with E-state index in [1.54, 1.807) is 0 Å². The molecule has 1 aromatic rings. The second kappa shape index (κ2) is 7.68. The summed E-state index contributed by atoms with van der Waals surface area (Å²) < 4.78 is 4.76. The van der Waals surface area contributed by atoms with Gasteiger partial charge >= 0.3 is 12.1 Å². The fourth-order valence-electron chi connectivity index (χ4n) is 1.66. The van der Waals surface area contributed by atoms with Gasteiger partial charge in [0, 0.05) is 23.7 Å². The van der Waals surface area contributed by atoms with E-state index in [0.29, 0.717) is 0 Å². The molecule has 1 rings (SSSR count). The zero-order valence-electron chi connectivity index (χ0n) is 11.9. The molecule has 0 aliphatic rings. The number of hydrogen-bond donors (Lipinski definition) is 2. The molecule has 1 atom stereocenters. The van der Waals surface area contributed by atoms with Gasteiger partial charge in [-0.3, -0.25) is 25.0 Å². The molecule has 11 heteroatoms. The molecule has 11 nitrogen and oxygen atoms in total. The molecule has 1 aromatic carbocycles. The Labute approximate surface area is 129 Å². The van der Waals surface area contributed by atoms with Gasteiger partial charge in [-0.2, -0.15) is 0 Å². The van der Waals surface area contributed by atoms with Crippen LogP contribution in [0.3, 0.4) is 0 Å². The number of alkyl carbamates (subject to hydrolysis) is 1.